The Labute approximate surface area is 104 Å². The molecule has 0 saturated carbocycles. The molecule has 2 rings (SSSR count). The van der Waals surface area contributed by atoms with Gasteiger partial charge in [-0.15, -0.1) is 0 Å². The van der Waals surface area contributed by atoms with Gasteiger partial charge in [0.25, 0.3) is 0 Å². The number of anilines is 1. The molecule has 1 heterocycles. The van der Waals surface area contributed by atoms with Gasteiger partial charge in [0, 0.05) is 18.6 Å². The van der Waals surface area contributed by atoms with Crippen LogP contribution in [0.15, 0.2) is 12.1 Å². The van der Waals surface area contributed by atoms with E-state index < -0.39 is 11.9 Å². The normalized spacial score (nSPS) is 19.4. The summed E-state index contributed by atoms with van der Waals surface area (Å²) in [6, 6.07) is 3.33. The lowest BCUT2D eigenvalue weighted by Crippen LogP contribution is -2.30. The molecule has 1 N–H and O–H groups in total. The zero-order chi connectivity index (χ0) is 11.9. The lowest BCUT2D eigenvalue weighted by atomic mass is 9.90. The van der Waals surface area contributed by atoms with Gasteiger partial charge in [0.1, 0.15) is 0 Å². The second kappa shape index (κ2) is 4.15. The number of rotatable bonds is 1. The Morgan fingerprint density at radius 1 is 1.50 bits per heavy atom. The van der Waals surface area contributed by atoms with Crippen molar-refractivity contribution < 1.29 is 9.90 Å². The Hall–Kier alpha value is -0.930. The Kier molecular flexibility index (Phi) is 3.00. The molecule has 1 aromatic carbocycles. The first-order valence-corrected chi connectivity index (χ1v) is 5.69. The number of fused-ring (bicyclic) bond motifs is 1. The highest BCUT2D eigenvalue weighted by Gasteiger charge is 2.30. The summed E-state index contributed by atoms with van der Waals surface area (Å²) in [4.78, 5) is 13.1. The van der Waals surface area contributed by atoms with Gasteiger partial charge in [-0.2, -0.15) is 0 Å². The highest BCUT2D eigenvalue weighted by atomic mass is 35.5. The third-order valence-electron chi connectivity index (χ3n) is 2.87. The Morgan fingerprint density at radius 2 is 2.19 bits per heavy atom. The Balaban J connectivity index is 2.60. The van der Waals surface area contributed by atoms with Crippen molar-refractivity contribution in [3.63, 3.8) is 0 Å². The van der Waals surface area contributed by atoms with E-state index in [2.05, 4.69) is 0 Å². The van der Waals surface area contributed by atoms with Gasteiger partial charge >= 0.3 is 5.97 Å². The summed E-state index contributed by atoms with van der Waals surface area (Å²) >= 11 is 12.0. The van der Waals surface area contributed by atoms with Crippen molar-refractivity contribution in [3.8, 4) is 0 Å². The van der Waals surface area contributed by atoms with E-state index in [-0.39, 0.29) is 0 Å². The predicted octanol–water partition coefficient (Wildman–Crippen LogP) is 3.00. The van der Waals surface area contributed by atoms with E-state index in [1.807, 2.05) is 11.9 Å². The summed E-state index contributed by atoms with van der Waals surface area (Å²) < 4.78 is 0. The first-order chi connectivity index (χ1) is 7.50. The van der Waals surface area contributed by atoms with Crippen LogP contribution in [0.3, 0.4) is 0 Å². The predicted molar refractivity (Wildman–Crippen MR) is 64.7 cm³/mol. The standard InChI is InChI=1S/C11H11Cl2NO2/c1-14-3-2-7(11(15)16)8-4-6(12)5-9(13)10(8)14/h4-5,7H,2-3H2,1H3,(H,15,16). The summed E-state index contributed by atoms with van der Waals surface area (Å²) in [7, 11) is 1.90. The molecule has 0 radical (unpaired) electrons. The van der Waals surface area contributed by atoms with Gasteiger partial charge in [-0.3, -0.25) is 4.79 Å². The van der Waals surface area contributed by atoms with Crippen molar-refractivity contribution in [2.75, 3.05) is 18.5 Å². The molecule has 0 aliphatic carbocycles. The van der Waals surface area contributed by atoms with Crippen LogP contribution in [-0.4, -0.2) is 24.7 Å². The molecule has 0 saturated heterocycles. The van der Waals surface area contributed by atoms with E-state index >= 15 is 0 Å². The van der Waals surface area contributed by atoms with E-state index in [9.17, 15) is 4.79 Å². The van der Waals surface area contributed by atoms with Gasteiger partial charge in [0.05, 0.1) is 16.6 Å². The highest BCUT2D eigenvalue weighted by Crippen LogP contribution is 2.41. The van der Waals surface area contributed by atoms with Gasteiger partial charge in [0.15, 0.2) is 0 Å². The van der Waals surface area contributed by atoms with E-state index in [0.29, 0.717) is 28.6 Å². The minimum atomic E-state index is -0.826. The number of halogens is 2. The van der Waals surface area contributed by atoms with Gasteiger partial charge in [-0.05, 0) is 24.1 Å². The van der Waals surface area contributed by atoms with Gasteiger partial charge in [0.2, 0.25) is 0 Å². The maximum Gasteiger partial charge on any atom is 0.311 e. The Morgan fingerprint density at radius 3 is 2.81 bits per heavy atom. The average molecular weight is 260 g/mol. The monoisotopic (exact) mass is 259 g/mol. The van der Waals surface area contributed by atoms with Crippen LogP contribution in [0.25, 0.3) is 0 Å². The fourth-order valence-corrected chi connectivity index (χ4v) is 2.75. The molecule has 1 aliphatic rings. The van der Waals surface area contributed by atoms with E-state index in [1.54, 1.807) is 12.1 Å². The zero-order valence-corrected chi connectivity index (χ0v) is 10.2. The lowest BCUT2D eigenvalue weighted by molar-refractivity contribution is -0.139. The highest BCUT2D eigenvalue weighted by molar-refractivity contribution is 6.36. The van der Waals surface area contributed by atoms with Gasteiger partial charge in [-0.25, -0.2) is 0 Å². The number of benzene rings is 1. The van der Waals surface area contributed by atoms with Crippen molar-refractivity contribution in [2.45, 2.75) is 12.3 Å². The SMILES string of the molecule is CN1CCC(C(=O)O)c2cc(Cl)cc(Cl)c21. The number of nitrogens with zero attached hydrogens (tertiary/aromatic N) is 1. The second-order valence-corrected chi connectivity index (χ2v) is 4.77. The maximum atomic E-state index is 11.1. The number of hydrogen-bond donors (Lipinski definition) is 1. The molecule has 3 nitrogen and oxygen atoms in total. The van der Waals surface area contributed by atoms with Crippen LogP contribution >= 0.6 is 23.2 Å². The lowest BCUT2D eigenvalue weighted by Gasteiger charge is -2.32. The van der Waals surface area contributed by atoms with Crippen molar-refractivity contribution in [1.82, 2.24) is 0 Å². The molecule has 1 unspecified atom stereocenters. The molecule has 86 valence electrons. The third-order valence-corrected chi connectivity index (χ3v) is 3.37. The molecule has 1 aliphatic heterocycles. The summed E-state index contributed by atoms with van der Waals surface area (Å²) in [5, 5.41) is 10.1. The van der Waals surface area contributed by atoms with Crippen LogP contribution in [0.4, 0.5) is 5.69 Å². The minimum absolute atomic E-state index is 0.477. The number of aliphatic carboxylic acids is 1. The fourth-order valence-electron chi connectivity index (χ4n) is 2.10. The van der Waals surface area contributed by atoms with E-state index in [0.717, 1.165) is 5.69 Å². The maximum absolute atomic E-state index is 11.1. The number of carboxylic acids is 1. The van der Waals surface area contributed by atoms with Crippen LogP contribution in [0.5, 0.6) is 0 Å². The van der Waals surface area contributed by atoms with Gasteiger partial charge in [-0.1, -0.05) is 23.2 Å². The van der Waals surface area contributed by atoms with E-state index in [4.69, 9.17) is 28.3 Å². The van der Waals surface area contributed by atoms with Crippen molar-refractivity contribution in [3.05, 3.63) is 27.7 Å². The molecule has 16 heavy (non-hydrogen) atoms. The van der Waals surface area contributed by atoms with Crippen LogP contribution in [-0.2, 0) is 4.79 Å². The molecule has 0 aromatic heterocycles. The minimum Gasteiger partial charge on any atom is -0.481 e. The average Bonchev–Trinajstić information content (AvgIpc) is 2.15. The molecular formula is C11H11Cl2NO2. The van der Waals surface area contributed by atoms with Crippen LogP contribution in [0, 0.1) is 0 Å². The molecule has 5 heteroatoms. The summed E-state index contributed by atoms with van der Waals surface area (Å²) in [5.74, 6) is -1.34. The topological polar surface area (TPSA) is 40.5 Å². The van der Waals surface area contributed by atoms with E-state index in [1.165, 1.54) is 0 Å². The number of carbonyl (C=O) groups is 1. The number of hydrogen-bond acceptors (Lipinski definition) is 2. The Bertz CT molecular complexity index is 448. The first kappa shape index (κ1) is 11.6. The molecule has 0 amide bonds. The first-order valence-electron chi connectivity index (χ1n) is 4.93. The van der Waals surface area contributed by atoms with Crippen LogP contribution < -0.4 is 4.90 Å². The molecule has 1 aromatic rings. The largest absolute Gasteiger partial charge is 0.481 e. The number of carboxylic acid groups (broad SMARTS) is 1. The molecule has 1 atom stereocenters. The molecule has 0 spiro atoms. The fraction of sp³-hybridized carbons (Fsp3) is 0.364. The summed E-state index contributed by atoms with van der Waals surface area (Å²) in [5.41, 5.74) is 1.49. The van der Waals surface area contributed by atoms with Crippen LogP contribution in [0.1, 0.15) is 17.9 Å². The van der Waals surface area contributed by atoms with Crippen molar-refractivity contribution >= 4 is 34.9 Å². The third kappa shape index (κ3) is 1.85. The quantitative estimate of drug-likeness (QED) is 0.843. The second-order valence-electron chi connectivity index (χ2n) is 3.93. The molecule has 0 fully saturated rings. The smallest absolute Gasteiger partial charge is 0.311 e. The van der Waals surface area contributed by atoms with Gasteiger partial charge < -0.3 is 10.0 Å². The molecular weight excluding hydrogens is 249 g/mol. The summed E-state index contributed by atoms with van der Waals surface area (Å²) in [6.45, 7) is 0.686. The van der Waals surface area contributed by atoms with Crippen molar-refractivity contribution in [1.29, 1.82) is 0 Å². The van der Waals surface area contributed by atoms with Crippen molar-refractivity contribution in [2.24, 2.45) is 0 Å². The molecule has 0 bridgehead atoms. The van der Waals surface area contributed by atoms with Crippen LogP contribution in [0.2, 0.25) is 10.0 Å². The zero-order valence-electron chi connectivity index (χ0n) is 8.70. The summed E-state index contributed by atoms with van der Waals surface area (Å²) in [6.07, 6.45) is 0.579.